The van der Waals surface area contributed by atoms with Crippen molar-refractivity contribution >= 4 is 17.6 Å². The van der Waals surface area contributed by atoms with Crippen LogP contribution in [0.1, 0.15) is 32.6 Å². The Labute approximate surface area is 113 Å². The fourth-order valence-electron chi connectivity index (χ4n) is 2.38. The van der Waals surface area contributed by atoms with Crippen molar-refractivity contribution in [2.45, 2.75) is 38.7 Å². The number of anilines is 3. The summed E-state index contributed by atoms with van der Waals surface area (Å²) in [6.07, 6.45) is 3.74. The fraction of sp³-hybridized carbons (Fsp3) is 0.692. The molecule has 1 aliphatic carbocycles. The lowest BCUT2D eigenvalue weighted by atomic mass is 10.1. The van der Waals surface area contributed by atoms with Crippen LogP contribution in [0.4, 0.5) is 17.6 Å². The summed E-state index contributed by atoms with van der Waals surface area (Å²) in [7, 11) is 0. The maximum atomic E-state index is 9.50. The second-order valence-corrected chi connectivity index (χ2v) is 5.14. The fourth-order valence-corrected chi connectivity index (χ4v) is 2.38. The van der Waals surface area contributed by atoms with Crippen molar-refractivity contribution in [2.75, 3.05) is 29.5 Å². The van der Waals surface area contributed by atoms with E-state index in [4.69, 9.17) is 5.73 Å². The highest BCUT2D eigenvalue weighted by Crippen LogP contribution is 2.25. The Kier molecular flexibility index (Phi) is 4.79. The summed E-state index contributed by atoms with van der Waals surface area (Å²) in [5.74, 6) is 2.28. The van der Waals surface area contributed by atoms with Crippen molar-refractivity contribution in [1.82, 2.24) is 9.97 Å². The largest absolute Gasteiger partial charge is 0.393 e. The third-order valence-corrected chi connectivity index (χ3v) is 3.38. The molecule has 1 aromatic rings. The van der Waals surface area contributed by atoms with Crippen LogP contribution in [0.2, 0.25) is 0 Å². The summed E-state index contributed by atoms with van der Waals surface area (Å²) in [4.78, 5) is 8.31. The molecule has 1 heterocycles. The summed E-state index contributed by atoms with van der Waals surface area (Å²) in [6, 6.07) is 1.87. The molecule has 1 aromatic heterocycles. The minimum Gasteiger partial charge on any atom is -0.393 e. The molecule has 0 spiro atoms. The summed E-state index contributed by atoms with van der Waals surface area (Å²) in [6.45, 7) is 3.79. The molecule has 0 aromatic carbocycles. The minimum absolute atomic E-state index is 0.135. The van der Waals surface area contributed by atoms with E-state index in [0.717, 1.165) is 50.4 Å². The van der Waals surface area contributed by atoms with Gasteiger partial charge in [0.2, 0.25) is 5.95 Å². The number of nitrogen functional groups attached to an aromatic ring is 1. The van der Waals surface area contributed by atoms with Crippen LogP contribution in [0.15, 0.2) is 6.07 Å². The standard InChI is InChI=1S/C13H23N5O/c1-2-5-15-11-7-12(18-13(14)17-11)16-8-9-3-4-10(19)6-9/h7,9-10,19H,2-6,8H2,1H3,(H4,14,15,16,17,18). The van der Waals surface area contributed by atoms with E-state index in [1.807, 2.05) is 6.07 Å². The molecule has 2 rings (SSSR count). The molecule has 1 fully saturated rings. The van der Waals surface area contributed by atoms with Crippen molar-refractivity contribution in [2.24, 2.45) is 5.92 Å². The summed E-state index contributed by atoms with van der Waals surface area (Å²) < 4.78 is 0. The number of nitrogens with one attached hydrogen (secondary N) is 2. The van der Waals surface area contributed by atoms with E-state index in [9.17, 15) is 5.11 Å². The molecule has 6 nitrogen and oxygen atoms in total. The Balaban J connectivity index is 1.90. The Bertz CT molecular complexity index is 412. The summed E-state index contributed by atoms with van der Waals surface area (Å²) >= 11 is 0. The van der Waals surface area contributed by atoms with Crippen LogP contribution < -0.4 is 16.4 Å². The second-order valence-electron chi connectivity index (χ2n) is 5.14. The van der Waals surface area contributed by atoms with Crippen LogP contribution in [-0.2, 0) is 0 Å². The summed E-state index contributed by atoms with van der Waals surface area (Å²) in [5.41, 5.74) is 5.69. The van der Waals surface area contributed by atoms with E-state index in [1.165, 1.54) is 0 Å². The average Bonchev–Trinajstić information content (AvgIpc) is 2.79. The lowest BCUT2D eigenvalue weighted by Gasteiger charge is -2.13. The van der Waals surface area contributed by atoms with Crippen molar-refractivity contribution in [1.29, 1.82) is 0 Å². The molecule has 1 aliphatic rings. The molecule has 5 N–H and O–H groups in total. The van der Waals surface area contributed by atoms with Crippen LogP contribution in [0.5, 0.6) is 0 Å². The lowest BCUT2D eigenvalue weighted by molar-refractivity contribution is 0.178. The molecule has 19 heavy (non-hydrogen) atoms. The van der Waals surface area contributed by atoms with Crippen LogP contribution >= 0.6 is 0 Å². The monoisotopic (exact) mass is 265 g/mol. The molecule has 0 amide bonds. The zero-order valence-electron chi connectivity index (χ0n) is 11.4. The Morgan fingerprint density at radius 2 is 2.05 bits per heavy atom. The zero-order chi connectivity index (χ0) is 13.7. The molecule has 1 saturated carbocycles. The lowest BCUT2D eigenvalue weighted by Crippen LogP contribution is -2.14. The number of hydrogen-bond donors (Lipinski definition) is 4. The highest BCUT2D eigenvalue weighted by atomic mass is 16.3. The predicted molar refractivity (Wildman–Crippen MR) is 77.1 cm³/mol. The number of aliphatic hydroxyl groups is 1. The number of aromatic nitrogens is 2. The highest BCUT2D eigenvalue weighted by Gasteiger charge is 2.22. The first kappa shape index (κ1) is 13.9. The van der Waals surface area contributed by atoms with Gasteiger partial charge < -0.3 is 21.5 Å². The molecule has 2 unspecified atom stereocenters. The van der Waals surface area contributed by atoms with E-state index in [-0.39, 0.29) is 12.1 Å². The smallest absolute Gasteiger partial charge is 0.223 e. The van der Waals surface area contributed by atoms with Gasteiger partial charge in [0.25, 0.3) is 0 Å². The van der Waals surface area contributed by atoms with E-state index in [1.54, 1.807) is 0 Å². The highest BCUT2D eigenvalue weighted by molar-refractivity contribution is 5.50. The van der Waals surface area contributed by atoms with Gasteiger partial charge >= 0.3 is 0 Å². The van der Waals surface area contributed by atoms with Gasteiger partial charge in [-0.1, -0.05) is 6.92 Å². The molecule has 0 radical (unpaired) electrons. The SMILES string of the molecule is CCCNc1cc(NCC2CCC(O)C2)nc(N)n1. The van der Waals surface area contributed by atoms with Crippen molar-refractivity contribution in [3.05, 3.63) is 6.07 Å². The van der Waals surface area contributed by atoms with Crippen LogP contribution in [0.25, 0.3) is 0 Å². The summed E-state index contributed by atoms with van der Waals surface area (Å²) in [5, 5.41) is 16.0. The van der Waals surface area contributed by atoms with E-state index in [2.05, 4.69) is 27.5 Å². The first-order valence-electron chi connectivity index (χ1n) is 6.97. The van der Waals surface area contributed by atoms with Gasteiger partial charge in [0.1, 0.15) is 11.6 Å². The molecule has 2 atom stereocenters. The third kappa shape index (κ3) is 4.24. The predicted octanol–water partition coefficient (Wildman–Crippen LogP) is 1.45. The number of rotatable bonds is 6. The minimum atomic E-state index is -0.135. The Hall–Kier alpha value is -1.56. The van der Waals surface area contributed by atoms with Gasteiger partial charge in [-0.25, -0.2) is 0 Å². The quantitative estimate of drug-likeness (QED) is 0.622. The maximum Gasteiger partial charge on any atom is 0.223 e. The first-order valence-corrected chi connectivity index (χ1v) is 6.97. The van der Waals surface area contributed by atoms with Crippen molar-refractivity contribution in [3.8, 4) is 0 Å². The number of hydrogen-bond acceptors (Lipinski definition) is 6. The third-order valence-electron chi connectivity index (χ3n) is 3.38. The zero-order valence-corrected chi connectivity index (χ0v) is 11.4. The van der Waals surface area contributed by atoms with Gasteiger partial charge in [-0.05, 0) is 31.6 Å². The molecule has 6 heteroatoms. The van der Waals surface area contributed by atoms with E-state index < -0.39 is 0 Å². The van der Waals surface area contributed by atoms with E-state index in [0.29, 0.717) is 5.92 Å². The molecule has 106 valence electrons. The molecular formula is C13H23N5O. The van der Waals surface area contributed by atoms with Gasteiger partial charge in [-0.15, -0.1) is 0 Å². The average molecular weight is 265 g/mol. The number of aliphatic hydroxyl groups excluding tert-OH is 1. The molecule has 0 bridgehead atoms. The molecule has 0 saturated heterocycles. The normalized spacial score (nSPS) is 22.4. The van der Waals surface area contributed by atoms with Gasteiger partial charge in [0, 0.05) is 19.2 Å². The van der Waals surface area contributed by atoms with Crippen molar-refractivity contribution in [3.63, 3.8) is 0 Å². The van der Waals surface area contributed by atoms with Crippen molar-refractivity contribution < 1.29 is 5.11 Å². The van der Waals surface area contributed by atoms with E-state index >= 15 is 0 Å². The van der Waals surface area contributed by atoms with Gasteiger partial charge in [-0.3, -0.25) is 0 Å². The van der Waals surface area contributed by atoms with Crippen LogP contribution in [-0.4, -0.2) is 34.3 Å². The molecule has 0 aliphatic heterocycles. The molecular weight excluding hydrogens is 242 g/mol. The number of nitrogens with zero attached hydrogens (tertiary/aromatic N) is 2. The number of nitrogens with two attached hydrogens (primary N) is 1. The first-order chi connectivity index (χ1) is 9.17. The Morgan fingerprint density at radius 1 is 1.32 bits per heavy atom. The van der Waals surface area contributed by atoms with Gasteiger partial charge in [0.05, 0.1) is 6.10 Å². The van der Waals surface area contributed by atoms with Crippen LogP contribution in [0, 0.1) is 5.92 Å². The Morgan fingerprint density at radius 3 is 2.68 bits per heavy atom. The van der Waals surface area contributed by atoms with Gasteiger partial charge in [0.15, 0.2) is 0 Å². The van der Waals surface area contributed by atoms with Gasteiger partial charge in [-0.2, -0.15) is 9.97 Å². The topological polar surface area (TPSA) is 96.1 Å². The second kappa shape index (κ2) is 6.56. The van der Waals surface area contributed by atoms with Crippen LogP contribution in [0.3, 0.4) is 0 Å². The maximum absolute atomic E-state index is 9.50.